The van der Waals surface area contributed by atoms with Crippen molar-refractivity contribution in [1.29, 1.82) is 0 Å². The summed E-state index contributed by atoms with van der Waals surface area (Å²) in [6.07, 6.45) is 2.41. The van der Waals surface area contributed by atoms with Crippen molar-refractivity contribution in [1.82, 2.24) is 10.3 Å². The molecule has 0 aliphatic heterocycles. The minimum absolute atomic E-state index is 0.0248. The van der Waals surface area contributed by atoms with E-state index >= 15 is 0 Å². The van der Waals surface area contributed by atoms with Crippen LogP contribution in [0.3, 0.4) is 0 Å². The van der Waals surface area contributed by atoms with Gasteiger partial charge in [0.05, 0.1) is 6.54 Å². The summed E-state index contributed by atoms with van der Waals surface area (Å²) in [5.41, 5.74) is 0.0248. The van der Waals surface area contributed by atoms with Gasteiger partial charge in [-0.25, -0.2) is 9.78 Å². The van der Waals surface area contributed by atoms with Crippen LogP contribution in [0.4, 0.5) is 0 Å². The van der Waals surface area contributed by atoms with Crippen LogP contribution in [-0.4, -0.2) is 33.5 Å². The number of aromatic carboxylic acids is 1. The molecule has 7 heteroatoms. The van der Waals surface area contributed by atoms with E-state index in [1.54, 1.807) is 11.8 Å². The molecule has 0 aromatic carbocycles. The quantitative estimate of drug-likeness (QED) is 0.823. The van der Waals surface area contributed by atoms with Crippen LogP contribution in [0.2, 0.25) is 0 Å². The number of carbonyl (C=O) groups excluding carboxylic acids is 1. The third-order valence-electron chi connectivity index (χ3n) is 2.08. The predicted octanol–water partition coefficient (Wildman–Crippen LogP) is 1.60. The molecule has 0 saturated carbocycles. The molecule has 0 saturated heterocycles. The molecule has 1 aromatic rings. The Balaban J connectivity index is 2.39. The lowest BCUT2D eigenvalue weighted by atomic mass is 10.3. The summed E-state index contributed by atoms with van der Waals surface area (Å²) in [5, 5.41) is 13.7. The minimum atomic E-state index is -1.05. The number of nitrogens with zero attached hydrogens (tertiary/aromatic N) is 1. The van der Waals surface area contributed by atoms with Gasteiger partial charge in [0, 0.05) is 17.1 Å². The zero-order chi connectivity index (χ0) is 12.8. The fraction of sp³-hybridized carbons (Fsp3) is 0.500. The van der Waals surface area contributed by atoms with Crippen LogP contribution in [0.15, 0.2) is 5.38 Å². The van der Waals surface area contributed by atoms with Gasteiger partial charge in [-0.05, 0) is 6.26 Å². The maximum absolute atomic E-state index is 11.5. The number of carboxylic acid groups (broad SMARTS) is 1. The summed E-state index contributed by atoms with van der Waals surface area (Å²) in [7, 11) is 0. The topological polar surface area (TPSA) is 79.3 Å². The van der Waals surface area contributed by atoms with Crippen molar-refractivity contribution in [3.63, 3.8) is 0 Å². The molecular formula is C10H14N2O3S2. The maximum Gasteiger partial charge on any atom is 0.355 e. The number of hydrogen-bond donors (Lipinski definition) is 2. The Morgan fingerprint density at radius 2 is 2.35 bits per heavy atom. The van der Waals surface area contributed by atoms with Crippen molar-refractivity contribution in [2.75, 3.05) is 6.26 Å². The number of thiazole rings is 1. The lowest BCUT2D eigenvalue weighted by Crippen LogP contribution is -2.25. The number of amides is 1. The molecule has 1 heterocycles. The van der Waals surface area contributed by atoms with Crippen LogP contribution in [0.25, 0.3) is 0 Å². The van der Waals surface area contributed by atoms with Crippen molar-refractivity contribution >= 4 is 35.0 Å². The van der Waals surface area contributed by atoms with Crippen molar-refractivity contribution in [2.24, 2.45) is 0 Å². The Bertz CT molecular complexity index is 406. The molecule has 0 fully saturated rings. The lowest BCUT2D eigenvalue weighted by molar-refractivity contribution is -0.121. The standard InChI is InChI=1S/C10H14N2O3S2/c1-6(16-2)3-8(13)11-4-9-12-7(5-17-9)10(14)15/h5-6H,3-4H2,1-2H3,(H,11,13)(H,14,15). The van der Waals surface area contributed by atoms with E-state index in [9.17, 15) is 9.59 Å². The van der Waals surface area contributed by atoms with Crippen LogP contribution < -0.4 is 5.32 Å². The number of thioether (sulfide) groups is 1. The highest BCUT2D eigenvalue weighted by molar-refractivity contribution is 7.99. The Kier molecular flexibility index (Phi) is 5.43. The molecule has 0 aliphatic rings. The average molecular weight is 274 g/mol. The molecule has 94 valence electrons. The van der Waals surface area contributed by atoms with Gasteiger partial charge in [0.25, 0.3) is 0 Å². The fourth-order valence-corrected chi connectivity index (χ4v) is 2.11. The Morgan fingerprint density at radius 3 is 2.88 bits per heavy atom. The van der Waals surface area contributed by atoms with Gasteiger partial charge < -0.3 is 10.4 Å². The normalized spacial score (nSPS) is 12.1. The first-order valence-corrected chi connectivity index (χ1v) is 7.17. The van der Waals surface area contributed by atoms with Gasteiger partial charge in [-0.3, -0.25) is 4.79 Å². The first-order chi connectivity index (χ1) is 8.02. The number of nitrogens with one attached hydrogen (secondary N) is 1. The third-order valence-corrected chi connectivity index (χ3v) is 3.90. The first-order valence-electron chi connectivity index (χ1n) is 5.00. The summed E-state index contributed by atoms with van der Waals surface area (Å²) < 4.78 is 0. The molecule has 2 N–H and O–H groups in total. The summed E-state index contributed by atoms with van der Waals surface area (Å²) in [5.74, 6) is -1.09. The van der Waals surface area contributed by atoms with E-state index in [4.69, 9.17) is 5.11 Å². The molecule has 1 amide bonds. The van der Waals surface area contributed by atoms with Crippen LogP contribution in [0.5, 0.6) is 0 Å². The van der Waals surface area contributed by atoms with E-state index in [1.807, 2.05) is 13.2 Å². The van der Waals surface area contributed by atoms with Gasteiger partial charge in [-0.15, -0.1) is 11.3 Å². The molecule has 0 spiro atoms. The molecule has 1 aromatic heterocycles. The molecule has 0 radical (unpaired) electrons. The number of aromatic nitrogens is 1. The summed E-state index contributed by atoms with van der Waals surface area (Å²) in [6, 6.07) is 0. The Hall–Kier alpha value is -1.08. The van der Waals surface area contributed by atoms with Gasteiger partial charge in [0.2, 0.25) is 5.91 Å². The second-order valence-electron chi connectivity index (χ2n) is 3.46. The van der Waals surface area contributed by atoms with Gasteiger partial charge in [-0.2, -0.15) is 11.8 Å². The van der Waals surface area contributed by atoms with Gasteiger partial charge in [0.1, 0.15) is 5.01 Å². The van der Waals surface area contributed by atoms with Crippen LogP contribution >= 0.6 is 23.1 Å². The van der Waals surface area contributed by atoms with E-state index in [0.29, 0.717) is 11.4 Å². The van der Waals surface area contributed by atoms with Crippen molar-refractivity contribution in [3.8, 4) is 0 Å². The zero-order valence-corrected chi connectivity index (χ0v) is 11.2. The molecule has 1 unspecified atom stereocenters. The van der Waals surface area contributed by atoms with Crippen molar-refractivity contribution in [3.05, 3.63) is 16.1 Å². The summed E-state index contributed by atoms with van der Waals surface area (Å²) >= 11 is 2.86. The van der Waals surface area contributed by atoms with E-state index < -0.39 is 5.97 Å². The number of hydrogen-bond acceptors (Lipinski definition) is 5. The average Bonchev–Trinajstić information content (AvgIpc) is 2.75. The van der Waals surface area contributed by atoms with Crippen molar-refractivity contribution in [2.45, 2.75) is 25.1 Å². The highest BCUT2D eigenvalue weighted by Crippen LogP contribution is 2.11. The van der Waals surface area contributed by atoms with Crippen LogP contribution in [-0.2, 0) is 11.3 Å². The lowest BCUT2D eigenvalue weighted by Gasteiger charge is -2.07. The highest BCUT2D eigenvalue weighted by atomic mass is 32.2. The summed E-state index contributed by atoms with van der Waals surface area (Å²) in [6.45, 7) is 2.27. The number of carbonyl (C=O) groups is 2. The van der Waals surface area contributed by atoms with E-state index in [1.165, 1.54) is 16.7 Å². The largest absolute Gasteiger partial charge is 0.476 e. The molecule has 1 rings (SSSR count). The highest BCUT2D eigenvalue weighted by Gasteiger charge is 2.11. The molecule has 1 atom stereocenters. The van der Waals surface area contributed by atoms with Gasteiger partial charge >= 0.3 is 5.97 Å². The molecule has 0 aliphatic carbocycles. The number of rotatable bonds is 6. The monoisotopic (exact) mass is 274 g/mol. The smallest absolute Gasteiger partial charge is 0.355 e. The zero-order valence-electron chi connectivity index (χ0n) is 9.60. The SMILES string of the molecule is CSC(C)CC(=O)NCc1nc(C(=O)O)cs1. The number of carboxylic acids is 1. The first kappa shape index (κ1) is 14.0. The van der Waals surface area contributed by atoms with E-state index in [0.717, 1.165) is 0 Å². The molecule has 17 heavy (non-hydrogen) atoms. The molecule has 5 nitrogen and oxygen atoms in total. The fourth-order valence-electron chi connectivity index (χ4n) is 1.08. The molecular weight excluding hydrogens is 260 g/mol. The second kappa shape index (κ2) is 6.61. The van der Waals surface area contributed by atoms with Crippen LogP contribution in [0, 0.1) is 0 Å². The van der Waals surface area contributed by atoms with E-state index in [-0.39, 0.29) is 23.4 Å². The van der Waals surface area contributed by atoms with Crippen molar-refractivity contribution < 1.29 is 14.7 Å². The summed E-state index contributed by atoms with van der Waals surface area (Å²) in [4.78, 5) is 25.9. The van der Waals surface area contributed by atoms with Gasteiger partial charge in [0.15, 0.2) is 5.69 Å². The second-order valence-corrected chi connectivity index (χ2v) is 5.68. The van der Waals surface area contributed by atoms with Crippen LogP contribution in [0.1, 0.15) is 28.8 Å². The van der Waals surface area contributed by atoms with E-state index in [2.05, 4.69) is 10.3 Å². The predicted molar refractivity (Wildman–Crippen MR) is 68.5 cm³/mol. The Labute approximate surface area is 108 Å². The maximum atomic E-state index is 11.5. The minimum Gasteiger partial charge on any atom is -0.476 e. The Morgan fingerprint density at radius 1 is 1.65 bits per heavy atom. The third kappa shape index (κ3) is 4.74. The van der Waals surface area contributed by atoms with Gasteiger partial charge in [-0.1, -0.05) is 6.92 Å². The molecule has 0 bridgehead atoms.